The molecular formula is C12H22N2O. The Morgan fingerprint density at radius 2 is 2.00 bits per heavy atom. The number of hydrogen-bond donors (Lipinski definition) is 1. The maximum absolute atomic E-state index is 5.55. The molecule has 0 bridgehead atoms. The van der Waals surface area contributed by atoms with Gasteiger partial charge in [0.25, 0.3) is 6.02 Å². The standard InChI is InChI=1S/C12H22N2O/c1-9-11(14-12(13)15-9)8-7-10-5-3-2-4-6-10/h9-11H,2-8H2,1H3,(H2,13,14). The van der Waals surface area contributed by atoms with Crippen LogP contribution in [0.4, 0.5) is 0 Å². The van der Waals surface area contributed by atoms with E-state index in [4.69, 9.17) is 10.5 Å². The largest absolute Gasteiger partial charge is 0.460 e. The molecule has 3 heteroatoms. The van der Waals surface area contributed by atoms with Gasteiger partial charge in [0.15, 0.2) is 0 Å². The van der Waals surface area contributed by atoms with E-state index in [9.17, 15) is 0 Å². The maximum Gasteiger partial charge on any atom is 0.282 e. The summed E-state index contributed by atoms with van der Waals surface area (Å²) in [5.74, 6) is 0.933. The first-order valence-electron chi connectivity index (χ1n) is 6.25. The first-order chi connectivity index (χ1) is 7.25. The predicted octanol–water partition coefficient (Wildman–Crippen LogP) is 2.45. The van der Waals surface area contributed by atoms with Gasteiger partial charge in [0.2, 0.25) is 0 Å². The fourth-order valence-electron chi connectivity index (χ4n) is 2.75. The zero-order valence-electron chi connectivity index (χ0n) is 9.61. The summed E-state index contributed by atoms with van der Waals surface area (Å²) in [4.78, 5) is 4.33. The van der Waals surface area contributed by atoms with Gasteiger partial charge in [-0.25, -0.2) is 4.99 Å². The summed E-state index contributed by atoms with van der Waals surface area (Å²) in [6, 6.07) is 0.697. The molecule has 0 saturated heterocycles. The number of nitrogens with two attached hydrogens (primary N) is 1. The molecule has 0 amide bonds. The molecule has 15 heavy (non-hydrogen) atoms. The third-order valence-electron chi connectivity index (χ3n) is 3.74. The topological polar surface area (TPSA) is 47.6 Å². The van der Waals surface area contributed by atoms with Gasteiger partial charge >= 0.3 is 0 Å². The van der Waals surface area contributed by atoms with Gasteiger partial charge in [-0.2, -0.15) is 0 Å². The van der Waals surface area contributed by atoms with Gasteiger partial charge in [-0.3, -0.25) is 0 Å². The molecule has 0 spiro atoms. The lowest BCUT2D eigenvalue weighted by Gasteiger charge is -2.22. The van der Waals surface area contributed by atoms with Crippen molar-refractivity contribution in [2.75, 3.05) is 0 Å². The number of hydrogen-bond acceptors (Lipinski definition) is 3. The molecule has 2 atom stereocenters. The summed E-state index contributed by atoms with van der Waals surface area (Å²) in [5.41, 5.74) is 5.55. The van der Waals surface area contributed by atoms with E-state index < -0.39 is 0 Å². The van der Waals surface area contributed by atoms with Crippen molar-refractivity contribution in [1.82, 2.24) is 0 Å². The third-order valence-corrected chi connectivity index (χ3v) is 3.74. The van der Waals surface area contributed by atoms with Gasteiger partial charge in [-0.1, -0.05) is 32.1 Å². The minimum atomic E-state index is 0.189. The molecule has 2 rings (SSSR count). The second kappa shape index (κ2) is 4.86. The van der Waals surface area contributed by atoms with Crippen LogP contribution in [0.25, 0.3) is 0 Å². The average molecular weight is 210 g/mol. The predicted molar refractivity (Wildman–Crippen MR) is 61.8 cm³/mol. The van der Waals surface area contributed by atoms with Gasteiger partial charge in [0.05, 0.1) is 6.04 Å². The van der Waals surface area contributed by atoms with Crippen molar-refractivity contribution in [2.45, 2.75) is 64.0 Å². The van der Waals surface area contributed by atoms with E-state index in [0.29, 0.717) is 12.1 Å². The molecule has 0 aromatic carbocycles. The van der Waals surface area contributed by atoms with E-state index in [1.165, 1.54) is 38.5 Å². The van der Waals surface area contributed by atoms with Crippen LogP contribution in [-0.2, 0) is 4.74 Å². The van der Waals surface area contributed by atoms with Crippen LogP contribution >= 0.6 is 0 Å². The van der Waals surface area contributed by atoms with Crippen molar-refractivity contribution < 1.29 is 4.74 Å². The highest BCUT2D eigenvalue weighted by molar-refractivity contribution is 5.73. The molecule has 1 aliphatic carbocycles. The van der Waals surface area contributed by atoms with Crippen LogP contribution in [0.15, 0.2) is 4.99 Å². The fourth-order valence-corrected chi connectivity index (χ4v) is 2.75. The summed E-state index contributed by atoms with van der Waals surface area (Å²) >= 11 is 0. The Morgan fingerprint density at radius 3 is 2.60 bits per heavy atom. The minimum Gasteiger partial charge on any atom is -0.460 e. The lowest BCUT2D eigenvalue weighted by molar-refractivity contribution is 0.197. The molecule has 0 radical (unpaired) electrons. The number of amidine groups is 1. The summed E-state index contributed by atoms with van der Waals surface area (Å²) in [6.07, 6.45) is 9.75. The Kier molecular flexibility index (Phi) is 3.49. The van der Waals surface area contributed by atoms with Gasteiger partial charge in [0, 0.05) is 0 Å². The highest BCUT2D eigenvalue weighted by atomic mass is 16.5. The Balaban J connectivity index is 1.72. The molecule has 86 valence electrons. The van der Waals surface area contributed by atoms with Crippen LogP contribution in [0.1, 0.15) is 51.9 Å². The molecule has 2 unspecified atom stereocenters. The number of rotatable bonds is 3. The molecule has 1 heterocycles. The molecule has 0 aromatic heterocycles. The second-order valence-corrected chi connectivity index (χ2v) is 4.94. The van der Waals surface area contributed by atoms with E-state index in [1.807, 2.05) is 0 Å². The highest BCUT2D eigenvalue weighted by Crippen LogP contribution is 2.29. The van der Waals surface area contributed by atoms with E-state index in [0.717, 1.165) is 12.3 Å². The first-order valence-corrected chi connectivity index (χ1v) is 6.25. The van der Waals surface area contributed by atoms with Gasteiger partial charge in [-0.05, 0) is 25.7 Å². The normalized spacial score (nSPS) is 32.5. The zero-order valence-corrected chi connectivity index (χ0v) is 9.61. The van der Waals surface area contributed by atoms with Gasteiger partial charge in [-0.15, -0.1) is 0 Å². The maximum atomic E-state index is 5.55. The van der Waals surface area contributed by atoms with Gasteiger partial charge < -0.3 is 10.5 Å². The molecule has 2 aliphatic rings. The van der Waals surface area contributed by atoms with Crippen molar-refractivity contribution in [2.24, 2.45) is 16.6 Å². The van der Waals surface area contributed by atoms with E-state index in [-0.39, 0.29) is 6.10 Å². The molecule has 0 aromatic rings. The summed E-state index contributed by atoms with van der Waals surface area (Å²) in [6.45, 7) is 2.06. The van der Waals surface area contributed by atoms with E-state index in [1.54, 1.807) is 0 Å². The molecule has 3 nitrogen and oxygen atoms in total. The molecule has 1 saturated carbocycles. The molecular weight excluding hydrogens is 188 g/mol. The van der Waals surface area contributed by atoms with Crippen LogP contribution in [0.3, 0.4) is 0 Å². The lowest BCUT2D eigenvalue weighted by Crippen LogP contribution is -2.21. The quantitative estimate of drug-likeness (QED) is 0.777. The Morgan fingerprint density at radius 1 is 1.27 bits per heavy atom. The van der Waals surface area contributed by atoms with Crippen LogP contribution < -0.4 is 5.73 Å². The smallest absolute Gasteiger partial charge is 0.282 e. The highest BCUT2D eigenvalue weighted by Gasteiger charge is 2.26. The van der Waals surface area contributed by atoms with Crippen molar-refractivity contribution in [1.29, 1.82) is 0 Å². The van der Waals surface area contributed by atoms with Crippen molar-refractivity contribution in [3.63, 3.8) is 0 Å². The van der Waals surface area contributed by atoms with Crippen molar-refractivity contribution >= 4 is 6.02 Å². The summed E-state index contributed by atoms with van der Waals surface area (Å²) < 4.78 is 5.34. The lowest BCUT2D eigenvalue weighted by atomic mass is 9.85. The third kappa shape index (κ3) is 2.86. The minimum absolute atomic E-state index is 0.189. The molecule has 1 aliphatic heterocycles. The number of nitrogens with zero attached hydrogens (tertiary/aromatic N) is 1. The monoisotopic (exact) mass is 210 g/mol. The fraction of sp³-hybridized carbons (Fsp3) is 0.917. The summed E-state index contributed by atoms with van der Waals surface area (Å²) in [7, 11) is 0. The molecule has 2 N–H and O–H groups in total. The average Bonchev–Trinajstić information content (AvgIpc) is 2.56. The SMILES string of the molecule is CC1OC(N)=NC1CCC1CCCCC1. The van der Waals surface area contributed by atoms with Crippen LogP contribution in [0.2, 0.25) is 0 Å². The van der Waals surface area contributed by atoms with Crippen molar-refractivity contribution in [3.8, 4) is 0 Å². The van der Waals surface area contributed by atoms with Gasteiger partial charge in [0.1, 0.15) is 6.10 Å². The second-order valence-electron chi connectivity index (χ2n) is 4.94. The number of ether oxygens (including phenoxy) is 1. The summed E-state index contributed by atoms with van der Waals surface area (Å²) in [5, 5.41) is 0. The van der Waals surface area contributed by atoms with E-state index >= 15 is 0 Å². The molecule has 1 fully saturated rings. The first kappa shape index (κ1) is 10.8. The zero-order chi connectivity index (χ0) is 10.7. The number of aliphatic imine (C=N–C) groups is 1. The van der Waals surface area contributed by atoms with E-state index in [2.05, 4.69) is 11.9 Å². The Labute approximate surface area is 92.1 Å². The Bertz CT molecular complexity index is 234. The Hall–Kier alpha value is -0.730. The van der Waals surface area contributed by atoms with Crippen LogP contribution in [-0.4, -0.2) is 18.2 Å². The van der Waals surface area contributed by atoms with Crippen LogP contribution in [0.5, 0.6) is 0 Å². The van der Waals surface area contributed by atoms with Crippen molar-refractivity contribution in [3.05, 3.63) is 0 Å². The van der Waals surface area contributed by atoms with Crippen LogP contribution in [0, 0.1) is 5.92 Å².